The van der Waals surface area contributed by atoms with Crippen LogP contribution >= 0.6 is 0 Å². The summed E-state index contributed by atoms with van der Waals surface area (Å²) in [5, 5.41) is 7.15. The van der Waals surface area contributed by atoms with E-state index in [9.17, 15) is 4.79 Å². The van der Waals surface area contributed by atoms with Gasteiger partial charge >= 0.3 is 0 Å². The van der Waals surface area contributed by atoms with E-state index in [0.717, 1.165) is 11.3 Å². The van der Waals surface area contributed by atoms with Crippen molar-refractivity contribution in [3.63, 3.8) is 0 Å². The molecule has 0 saturated heterocycles. The zero-order chi connectivity index (χ0) is 16.2. The number of amides is 1. The van der Waals surface area contributed by atoms with Gasteiger partial charge in [0.15, 0.2) is 0 Å². The van der Waals surface area contributed by atoms with Crippen LogP contribution in [0.5, 0.6) is 0 Å². The molecular weight excluding hydrogens is 288 g/mol. The quantitative estimate of drug-likeness (QED) is 0.787. The maximum atomic E-state index is 12.3. The molecule has 5 heteroatoms. The molecule has 1 aromatic carbocycles. The van der Waals surface area contributed by atoms with E-state index < -0.39 is 0 Å². The van der Waals surface area contributed by atoms with Crippen LogP contribution in [0, 0.1) is 0 Å². The first-order valence-corrected chi connectivity index (χ1v) is 7.75. The fourth-order valence-corrected chi connectivity index (χ4v) is 2.57. The first-order chi connectivity index (χ1) is 11.2. The molecule has 2 heterocycles. The second-order valence-corrected chi connectivity index (χ2v) is 5.41. The Morgan fingerprint density at radius 2 is 1.87 bits per heavy atom. The van der Waals surface area contributed by atoms with Gasteiger partial charge in [-0.15, -0.1) is 0 Å². The van der Waals surface area contributed by atoms with Gasteiger partial charge in [-0.25, -0.2) is 0 Å². The molecule has 5 nitrogen and oxygen atoms in total. The average Bonchev–Trinajstić information content (AvgIpc) is 3.26. The summed E-state index contributed by atoms with van der Waals surface area (Å²) < 4.78 is 3.74. The third-order valence-electron chi connectivity index (χ3n) is 3.89. The van der Waals surface area contributed by atoms with Crippen LogP contribution < -0.4 is 5.32 Å². The van der Waals surface area contributed by atoms with E-state index in [-0.39, 0.29) is 11.9 Å². The van der Waals surface area contributed by atoms with Crippen molar-refractivity contribution < 1.29 is 4.79 Å². The Hall–Kier alpha value is -2.82. The number of aryl methyl sites for hydroxylation is 1. The lowest BCUT2D eigenvalue weighted by Gasteiger charge is -2.15. The van der Waals surface area contributed by atoms with Gasteiger partial charge in [0.1, 0.15) is 5.69 Å². The summed E-state index contributed by atoms with van der Waals surface area (Å²) in [5.41, 5.74) is 2.75. The second-order valence-electron chi connectivity index (χ2n) is 5.41. The molecule has 0 radical (unpaired) electrons. The van der Waals surface area contributed by atoms with Crippen LogP contribution in [0.15, 0.2) is 61.1 Å². The maximum Gasteiger partial charge on any atom is 0.270 e. The summed E-state index contributed by atoms with van der Waals surface area (Å²) >= 11 is 0. The highest BCUT2D eigenvalue weighted by Gasteiger charge is 2.14. The fourth-order valence-electron chi connectivity index (χ4n) is 2.57. The highest BCUT2D eigenvalue weighted by Crippen LogP contribution is 2.16. The molecule has 0 aliphatic heterocycles. The second kappa shape index (κ2) is 6.52. The zero-order valence-electron chi connectivity index (χ0n) is 13.3. The van der Waals surface area contributed by atoms with Crippen molar-refractivity contribution in [2.75, 3.05) is 0 Å². The van der Waals surface area contributed by atoms with Crippen molar-refractivity contribution in [3.05, 3.63) is 72.3 Å². The molecule has 0 aliphatic carbocycles. The zero-order valence-corrected chi connectivity index (χ0v) is 13.3. The number of carbonyl (C=O) groups is 1. The summed E-state index contributed by atoms with van der Waals surface area (Å²) in [6.07, 6.45) is 5.66. The maximum absolute atomic E-state index is 12.3. The van der Waals surface area contributed by atoms with E-state index in [1.165, 1.54) is 0 Å². The Kier molecular flexibility index (Phi) is 4.28. The topological polar surface area (TPSA) is 51.9 Å². The number of nitrogens with one attached hydrogen (secondary N) is 1. The Morgan fingerprint density at radius 1 is 1.17 bits per heavy atom. The molecule has 118 valence electrons. The predicted molar refractivity (Wildman–Crippen MR) is 89.6 cm³/mol. The molecule has 0 fully saturated rings. The molecule has 3 aromatic rings. The van der Waals surface area contributed by atoms with Gasteiger partial charge in [0.05, 0.1) is 6.04 Å². The smallest absolute Gasteiger partial charge is 0.270 e. The molecule has 0 bridgehead atoms. The van der Waals surface area contributed by atoms with Crippen LogP contribution in [-0.4, -0.2) is 20.3 Å². The SMILES string of the molecule is CCn1nccc1C(=O)NC(C)c1ccc(-n2cccc2)cc1. The molecule has 0 aliphatic rings. The first-order valence-electron chi connectivity index (χ1n) is 7.75. The molecule has 1 N–H and O–H groups in total. The van der Waals surface area contributed by atoms with Crippen molar-refractivity contribution in [1.82, 2.24) is 19.7 Å². The number of benzene rings is 1. The summed E-state index contributed by atoms with van der Waals surface area (Å²) in [5.74, 6) is -0.105. The number of aromatic nitrogens is 3. The molecular formula is C18H20N4O. The van der Waals surface area contributed by atoms with E-state index in [0.29, 0.717) is 12.2 Å². The third kappa shape index (κ3) is 3.18. The minimum Gasteiger partial charge on any atom is -0.344 e. The molecule has 23 heavy (non-hydrogen) atoms. The average molecular weight is 308 g/mol. The lowest BCUT2D eigenvalue weighted by atomic mass is 10.1. The van der Waals surface area contributed by atoms with Crippen molar-refractivity contribution in [2.24, 2.45) is 0 Å². The van der Waals surface area contributed by atoms with Crippen LogP contribution in [0.1, 0.15) is 35.9 Å². The number of hydrogen-bond donors (Lipinski definition) is 1. The van der Waals surface area contributed by atoms with Gasteiger partial charge in [-0.2, -0.15) is 5.10 Å². The van der Waals surface area contributed by atoms with Gasteiger partial charge in [0, 0.05) is 30.8 Å². The summed E-state index contributed by atoms with van der Waals surface area (Å²) in [4.78, 5) is 12.3. The van der Waals surface area contributed by atoms with Crippen LogP contribution in [0.3, 0.4) is 0 Å². The Bertz CT molecular complexity index is 772. The normalized spacial score (nSPS) is 12.1. The number of rotatable bonds is 5. The standard InChI is InChI=1S/C18H20N4O/c1-3-22-17(10-11-19-22)18(23)20-14(2)15-6-8-16(9-7-15)21-12-4-5-13-21/h4-14H,3H2,1-2H3,(H,20,23). The van der Waals surface area contributed by atoms with Gasteiger partial charge in [0.2, 0.25) is 0 Å². The highest BCUT2D eigenvalue weighted by molar-refractivity contribution is 5.92. The molecule has 1 amide bonds. The fraction of sp³-hybridized carbons (Fsp3) is 0.222. The molecule has 3 rings (SSSR count). The van der Waals surface area contributed by atoms with Crippen LogP contribution in [0.25, 0.3) is 5.69 Å². The van der Waals surface area contributed by atoms with Crippen LogP contribution in [0.2, 0.25) is 0 Å². The van der Waals surface area contributed by atoms with E-state index in [1.54, 1.807) is 16.9 Å². The van der Waals surface area contributed by atoms with Gasteiger partial charge < -0.3 is 9.88 Å². The van der Waals surface area contributed by atoms with E-state index >= 15 is 0 Å². The monoisotopic (exact) mass is 308 g/mol. The van der Waals surface area contributed by atoms with E-state index in [1.807, 2.05) is 67.2 Å². The van der Waals surface area contributed by atoms with Crippen molar-refractivity contribution >= 4 is 5.91 Å². The number of nitrogens with zero attached hydrogens (tertiary/aromatic N) is 3. The number of carbonyl (C=O) groups excluding carboxylic acids is 1. The van der Waals surface area contributed by atoms with Gasteiger partial charge in [-0.05, 0) is 49.7 Å². The lowest BCUT2D eigenvalue weighted by molar-refractivity contribution is 0.0929. The van der Waals surface area contributed by atoms with Gasteiger partial charge in [-0.3, -0.25) is 9.48 Å². The van der Waals surface area contributed by atoms with Gasteiger partial charge in [-0.1, -0.05) is 12.1 Å². The van der Waals surface area contributed by atoms with Crippen molar-refractivity contribution in [2.45, 2.75) is 26.4 Å². The summed E-state index contributed by atoms with van der Waals surface area (Å²) in [7, 11) is 0. The predicted octanol–water partition coefficient (Wildman–Crippen LogP) is 3.18. The Labute approximate surface area is 135 Å². The van der Waals surface area contributed by atoms with Crippen molar-refractivity contribution in [3.8, 4) is 5.69 Å². The largest absolute Gasteiger partial charge is 0.344 e. The van der Waals surface area contributed by atoms with E-state index in [4.69, 9.17) is 0 Å². The van der Waals surface area contributed by atoms with Gasteiger partial charge in [0.25, 0.3) is 5.91 Å². The molecule has 2 aromatic heterocycles. The molecule has 1 unspecified atom stereocenters. The molecule has 0 saturated carbocycles. The van der Waals surface area contributed by atoms with Crippen LogP contribution in [0.4, 0.5) is 0 Å². The third-order valence-corrected chi connectivity index (χ3v) is 3.89. The lowest BCUT2D eigenvalue weighted by Crippen LogP contribution is -2.28. The number of hydrogen-bond acceptors (Lipinski definition) is 2. The Morgan fingerprint density at radius 3 is 2.52 bits per heavy atom. The minimum atomic E-state index is -0.105. The molecule has 1 atom stereocenters. The summed E-state index contributed by atoms with van der Waals surface area (Å²) in [6.45, 7) is 4.62. The first kappa shape index (κ1) is 15.1. The summed E-state index contributed by atoms with van der Waals surface area (Å²) in [6, 6.07) is 13.8. The van der Waals surface area contributed by atoms with E-state index in [2.05, 4.69) is 10.4 Å². The minimum absolute atomic E-state index is 0.0681. The van der Waals surface area contributed by atoms with Crippen LogP contribution in [-0.2, 0) is 6.54 Å². The Balaban J connectivity index is 1.71. The molecule has 0 spiro atoms. The highest BCUT2D eigenvalue weighted by atomic mass is 16.2. The van der Waals surface area contributed by atoms with Crippen molar-refractivity contribution in [1.29, 1.82) is 0 Å².